The highest BCUT2D eigenvalue weighted by Crippen LogP contribution is 2.20. The van der Waals surface area contributed by atoms with Crippen molar-refractivity contribution in [3.8, 4) is 0 Å². The molecule has 102 valence electrons. The Hall–Kier alpha value is -2.21. The molecule has 2 N–H and O–H groups in total. The first-order valence-corrected chi connectivity index (χ1v) is 6.53. The minimum absolute atomic E-state index is 0.0429. The first kappa shape index (κ1) is 14.2. The van der Waals surface area contributed by atoms with Gasteiger partial charge in [0, 0.05) is 16.4 Å². The van der Waals surface area contributed by atoms with Crippen LogP contribution in [-0.2, 0) is 0 Å². The molecule has 1 aromatic carbocycles. The molecule has 0 aliphatic heterocycles. The van der Waals surface area contributed by atoms with E-state index in [2.05, 4.69) is 26.2 Å². The lowest BCUT2D eigenvalue weighted by atomic mass is 10.2. The van der Waals surface area contributed by atoms with Crippen molar-refractivity contribution in [1.29, 1.82) is 0 Å². The molecule has 0 bridgehead atoms. The normalized spacial score (nSPS) is 10.1. The fourth-order valence-electron chi connectivity index (χ4n) is 1.61. The third kappa shape index (κ3) is 3.21. The number of aryl methyl sites for hydroxylation is 1. The molecule has 2 rings (SSSR count). The number of carboxylic acids is 1. The molecule has 0 aliphatic carbocycles. The Kier molecular flexibility index (Phi) is 4.14. The first-order chi connectivity index (χ1) is 9.47. The summed E-state index contributed by atoms with van der Waals surface area (Å²) in [6.45, 7) is 1.88. The van der Waals surface area contributed by atoms with Gasteiger partial charge in [-0.25, -0.2) is 4.79 Å². The number of hydrogen-bond donors (Lipinski definition) is 2. The number of carbonyl (C=O) groups is 2. The lowest BCUT2D eigenvalue weighted by Gasteiger charge is -2.08. The molecular weight excluding hydrogens is 324 g/mol. The molecule has 2 aromatic rings. The lowest BCUT2D eigenvalue weighted by Crippen LogP contribution is -2.14. The van der Waals surface area contributed by atoms with Gasteiger partial charge in [0.15, 0.2) is 0 Å². The van der Waals surface area contributed by atoms with Crippen LogP contribution in [0.5, 0.6) is 0 Å². The van der Waals surface area contributed by atoms with E-state index in [1.807, 2.05) is 19.1 Å². The number of nitrogens with one attached hydrogen (secondary N) is 1. The summed E-state index contributed by atoms with van der Waals surface area (Å²) < 4.78 is 0.928. The Labute approximate surface area is 123 Å². The Bertz CT molecular complexity index is 669. The van der Waals surface area contributed by atoms with Gasteiger partial charge >= 0.3 is 5.97 Å². The van der Waals surface area contributed by atoms with E-state index in [1.54, 1.807) is 6.07 Å². The summed E-state index contributed by atoms with van der Waals surface area (Å²) in [6.07, 6.45) is 1.16. The van der Waals surface area contributed by atoms with E-state index in [0.29, 0.717) is 5.69 Å². The molecule has 1 heterocycles. The van der Waals surface area contributed by atoms with Crippen LogP contribution in [0, 0.1) is 6.92 Å². The number of rotatable bonds is 3. The number of benzene rings is 1. The van der Waals surface area contributed by atoms with Gasteiger partial charge in [-0.15, -0.1) is 0 Å². The molecule has 5 nitrogen and oxygen atoms in total. The number of anilines is 1. The van der Waals surface area contributed by atoms with Crippen molar-refractivity contribution in [2.24, 2.45) is 0 Å². The molecule has 0 saturated heterocycles. The molecule has 0 radical (unpaired) electrons. The average molecular weight is 335 g/mol. The van der Waals surface area contributed by atoms with Crippen LogP contribution in [0.4, 0.5) is 5.69 Å². The molecule has 0 spiro atoms. The monoisotopic (exact) mass is 334 g/mol. The highest BCUT2D eigenvalue weighted by molar-refractivity contribution is 9.10. The number of pyridine rings is 1. The first-order valence-electron chi connectivity index (χ1n) is 5.74. The second kappa shape index (κ2) is 5.83. The summed E-state index contributed by atoms with van der Waals surface area (Å²) in [6, 6.07) is 8.22. The Morgan fingerprint density at radius 3 is 2.55 bits per heavy atom. The zero-order valence-corrected chi connectivity index (χ0v) is 12.1. The van der Waals surface area contributed by atoms with Gasteiger partial charge in [0.2, 0.25) is 0 Å². The Morgan fingerprint density at radius 1 is 1.25 bits per heavy atom. The maximum Gasteiger partial charge on any atom is 0.337 e. The van der Waals surface area contributed by atoms with Crippen molar-refractivity contribution < 1.29 is 14.7 Å². The number of aromatic carboxylic acids is 1. The van der Waals surface area contributed by atoms with Crippen LogP contribution in [0.25, 0.3) is 0 Å². The minimum atomic E-state index is -1.08. The van der Waals surface area contributed by atoms with E-state index in [1.165, 1.54) is 12.1 Å². The summed E-state index contributed by atoms with van der Waals surface area (Å²) in [5.41, 5.74) is 1.80. The van der Waals surface area contributed by atoms with Gasteiger partial charge in [-0.2, -0.15) is 0 Å². The molecule has 0 aliphatic rings. The second-order valence-corrected chi connectivity index (χ2v) is 5.07. The fourth-order valence-corrected chi connectivity index (χ4v) is 2.08. The zero-order valence-electron chi connectivity index (χ0n) is 10.6. The molecule has 20 heavy (non-hydrogen) atoms. The molecule has 0 fully saturated rings. The average Bonchev–Trinajstić information content (AvgIpc) is 2.42. The summed E-state index contributed by atoms with van der Waals surface area (Å²) in [4.78, 5) is 26.5. The summed E-state index contributed by atoms with van der Waals surface area (Å²) >= 11 is 3.35. The fraction of sp³-hybridized carbons (Fsp3) is 0.0714. The van der Waals surface area contributed by atoms with E-state index in [4.69, 9.17) is 5.11 Å². The third-order valence-electron chi connectivity index (χ3n) is 2.68. The largest absolute Gasteiger partial charge is 0.478 e. The van der Waals surface area contributed by atoms with Gasteiger partial charge in [0.1, 0.15) is 5.69 Å². The van der Waals surface area contributed by atoms with Crippen molar-refractivity contribution in [3.63, 3.8) is 0 Å². The maximum absolute atomic E-state index is 12.0. The van der Waals surface area contributed by atoms with Gasteiger partial charge < -0.3 is 10.4 Å². The van der Waals surface area contributed by atoms with Gasteiger partial charge in [0.05, 0.1) is 5.56 Å². The molecule has 0 saturated carbocycles. The van der Waals surface area contributed by atoms with Crippen LogP contribution in [0.1, 0.15) is 26.4 Å². The molecular formula is C14H11BrN2O3. The van der Waals surface area contributed by atoms with Gasteiger partial charge in [0.25, 0.3) is 5.91 Å². The SMILES string of the molecule is Cc1cc(Br)ccc1NC(=O)c1ccc(C(=O)O)cn1. The van der Waals surface area contributed by atoms with Crippen molar-refractivity contribution in [2.45, 2.75) is 6.92 Å². The third-order valence-corrected chi connectivity index (χ3v) is 3.17. The number of nitrogens with zero attached hydrogens (tertiary/aromatic N) is 1. The van der Waals surface area contributed by atoms with Crippen molar-refractivity contribution in [2.75, 3.05) is 5.32 Å². The van der Waals surface area contributed by atoms with E-state index in [0.717, 1.165) is 16.2 Å². The zero-order chi connectivity index (χ0) is 14.7. The van der Waals surface area contributed by atoms with E-state index in [9.17, 15) is 9.59 Å². The second-order valence-electron chi connectivity index (χ2n) is 4.15. The number of halogens is 1. The number of aromatic nitrogens is 1. The van der Waals surface area contributed by atoms with Crippen LogP contribution < -0.4 is 5.32 Å². The van der Waals surface area contributed by atoms with Gasteiger partial charge in [-0.1, -0.05) is 15.9 Å². The van der Waals surface area contributed by atoms with Crippen molar-refractivity contribution >= 4 is 33.5 Å². The Morgan fingerprint density at radius 2 is 2.00 bits per heavy atom. The van der Waals surface area contributed by atoms with Crippen LogP contribution in [0.3, 0.4) is 0 Å². The van der Waals surface area contributed by atoms with Crippen LogP contribution >= 0.6 is 15.9 Å². The van der Waals surface area contributed by atoms with Crippen LogP contribution in [0.15, 0.2) is 41.0 Å². The van der Waals surface area contributed by atoms with E-state index in [-0.39, 0.29) is 17.2 Å². The van der Waals surface area contributed by atoms with E-state index >= 15 is 0 Å². The minimum Gasteiger partial charge on any atom is -0.478 e. The number of carboxylic acid groups (broad SMARTS) is 1. The number of carbonyl (C=O) groups excluding carboxylic acids is 1. The summed E-state index contributed by atoms with van der Waals surface area (Å²) in [5.74, 6) is -1.46. The van der Waals surface area contributed by atoms with Crippen LogP contribution in [0.2, 0.25) is 0 Å². The molecule has 1 amide bonds. The highest BCUT2D eigenvalue weighted by Gasteiger charge is 2.10. The predicted molar refractivity (Wildman–Crippen MR) is 78.0 cm³/mol. The van der Waals surface area contributed by atoms with Crippen molar-refractivity contribution in [3.05, 3.63) is 57.8 Å². The number of hydrogen-bond acceptors (Lipinski definition) is 3. The lowest BCUT2D eigenvalue weighted by molar-refractivity contribution is 0.0696. The van der Waals surface area contributed by atoms with Gasteiger partial charge in [-0.3, -0.25) is 9.78 Å². The van der Waals surface area contributed by atoms with Crippen molar-refractivity contribution in [1.82, 2.24) is 4.98 Å². The molecule has 0 atom stereocenters. The summed E-state index contributed by atoms with van der Waals surface area (Å²) in [5, 5.41) is 11.5. The Balaban J connectivity index is 2.17. The van der Waals surface area contributed by atoms with Gasteiger partial charge in [-0.05, 0) is 42.8 Å². The van der Waals surface area contributed by atoms with Crippen LogP contribution in [-0.4, -0.2) is 22.0 Å². The van der Waals surface area contributed by atoms with E-state index < -0.39 is 5.97 Å². The standard InChI is InChI=1S/C14H11BrN2O3/c1-8-6-10(15)3-5-11(8)17-13(18)12-4-2-9(7-16-12)14(19)20/h2-7H,1H3,(H,17,18)(H,19,20). The topological polar surface area (TPSA) is 79.3 Å². The molecule has 1 aromatic heterocycles. The maximum atomic E-state index is 12.0. The highest BCUT2D eigenvalue weighted by atomic mass is 79.9. The predicted octanol–water partition coefficient (Wildman–Crippen LogP) is 3.10. The molecule has 6 heteroatoms. The number of amides is 1. The summed E-state index contributed by atoms with van der Waals surface area (Å²) in [7, 11) is 0. The quantitative estimate of drug-likeness (QED) is 0.903. The smallest absolute Gasteiger partial charge is 0.337 e. The molecule has 0 unspecified atom stereocenters.